The van der Waals surface area contributed by atoms with E-state index in [1.165, 1.54) is 10.5 Å². The quantitative estimate of drug-likeness (QED) is 0.889. The van der Waals surface area contributed by atoms with Gasteiger partial charge in [-0.3, -0.25) is 4.79 Å². The van der Waals surface area contributed by atoms with E-state index >= 15 is 0 Å². The lowest BCUT2D eigenvalue weighted by atomic mass is 10.1. The van der Waals surface area contributed by atoms with Gasteiger partial charge in [-0.25, -0.2) is 13.1 Å². The predicted octanol–water partition coefficient (Wildman–Crippen LogP) is 1.88. The molecule has 2 aliphatic rings. The van der Waals surface area contributed by atoms with E-state index in [1.54, 1.807) is 31.3 Å². The molecule has 2 aromatic carbocycles. The van der Waals surface area contributed by atoms with Gasteiger partial charge in [0.1, 0.15) is 5.75 Å². The van der Waals surface area contributed by atoms with Crippen LogP contribution in [0, 0.1) is 0 Å². The minimum Gasteiger partial charge on any atom is -0.477 e. The summed E-state index contributed by atoms with van der Waals surface area (Å²) in [4.78, 5) is 14.2. The second kappa shape index (κ2) is 6.41. The van der Waals surface area contributed by atoms with Gasteiger partial charge >= 0.3 is 0 Å². The van der Waals surface area contributed by atoms with Gasteiger partial charge in [0.05, 0.1) is 17.1 Å². The van der Waals surface area contributed by atoms with Crippen molar-refractivity contribution in [3.05, 3.63) is 53.6 Å². The third-order valence-corrected chi connectivity index (χ3v) is 6.36. The third kappa shape index (κ3) is 2.97. The molecule has 1 aliphatic heterocycles. The van der Waals surface area contributed by atoms with E-state index in [0.29, 0.717) is 11.4 Å². The highest BCUT2D eigenvalue weighted by Gasteiger charge is 2.33. The first-order valence-corrected chi connectivity index (χ1v) is 10.1. The fraction of sp³-hybridized carbons (Fsp3) is 0.316. The minimum absolute atomic E-state index is 0.114. The fourth-order valence-corrected chi connectivity index (χ4v) is 4.57. The summed E-state index contributed by atoms with van der Waals surface area (Å²) in [6, 6.07) is 12.4. The van der Waals surface area contributed by atoms with Crippen LogP contribution in [0.5, 0.6) is 5.75 Å². The van der Waals surface area contributed by atoms with Crippen LogP contribution in [0.1, 0.15) is 17.5 Å². The third-order valence-electron chi connectivity index (χ3n) is 4.94. The Morgan fingerprint density at radius 2 is 1.92 bits per heavy atom. The van der Waals surface area contributed by atoms with Crippen LogP contribution in [0.15, 0.2) is 47.4 Å². The Balaban J connectivity index is 1.51. The van der Waals surface area contributed by atoms with Crippen LogP contribution in [-0.2, 0) is 27.7 Å². The molecule has 4 rings (SSSR count). The Bertz CT molecular complexity index is 971. The van der Waals surface area contributed by atoms with Gasteiger partial charge in [0.15, 0.2) is 6.10 Å². The van der Waals surface area contributed by atoms with E-state index < -0.39 is 16.1 Å². The van der Waals surface area contributed by atoms with E-state index in [1.807, 2.05) is 18.2 Å². The van der Waals surface area contributed by atoms with Gasteiger partial charge in [-0.15, -0.1) is 0 Å². The molecule has 0 saturated carbocycles. The van der Waals surface area contributed by atoms with Crippen LogP contribution in [0.2, 0.25) is 0 Å². The molecule has 1 heterocycles. The molecule has 1 aliphatic carbocycles. The summed E-state index contributed by atoms with van der Waals surface area (Å²) in [7, 11) is -2.04. The van der Waals surface area contributed by atoms with Crippen molar-refractivity contribution in [1.82, 2.24) is 4.72 Å². The second-order valence-corrected chi connectivity index (χ2v) is 8.37. The lowest BCUT2D eigenvalue weighted by Crippen LogP contribution is -2.49. The molecule has 0 aromatic heterocycles. The molecule has 0 spiro atoms. The molecule has 0 saturated heterocycles. The number of rotatable bonds is 4. The molecule has 26 heavy (non-hydrogen) atoms. The van der Waals surface area contributed by atoms with Gasteiger partial charge in [-0.2, -0.15) is 0 Å². The average Bonchev–Trinajstić information content (AvgIpc) is 3.11. The first kappa shape index (κ1) is 17.1. The number of aryl methyl sites for hydroxylation is 2. The molecular formula is C19H20N2O4S. The maximum absolute atomic E-state index is 12.6. The van der Waals surface area contributed by atoms with Gasteiger partial charge in [-0.1, -0.05) is 18.2 Å². The van der Waals surface area contributed by atoms with E-state index in [9.17, 15) is 13.2 Å². The average molecular weight is 372 g/mol. The highest BCUT2D eigenvalue weighted by atomic mass is 32.2. The van der Waals surface area contributed by atoms with Crippen LogP contribution < -0.4 is 14.4 Å². The summed E-state index contributed by atoms with van der Waals surface area (Å²) in [5.41, 5.74) is 2.98. The van der Waals surface area contributed by atoms with Crippen molar-refractivity contribution in [2.45, 2.75) is 30.3 Å². The monoisotopic (exact) mass is 372 g/mol. The summed E-state index contributed by atoms with van der Waals surface area (Å²) in [5, 5.41) is 0. The number of nitrogens with zero attached hydrogens (tertiary/aromatic N) is 1. The van der Waals surface area contributed by atoms with Crippen molar-refractivity contribution >= 4 is 21.6 Å². The van der Waals surface area contributed by atoms with Crippen molar-refractivity contribution in [1.29, 1.82) is 0 Å². The summed E-state index contributed by atoms with van der Waals surface area (Å²) < 4.78 is 33.5. The standard InChI is InChI=1S/C19H20N2O4S/c1-21-16-7-2-3-8-17(16)25-18(19(21)22)12-20-26(23,24)15-10-9-13-5-4-6-14(13)11-15/h2-3,7-11,18,20H,4-6,12H2,1H3. The van der Waals surface area contributed by atoms with Gasteiger partial charge in [0, 0.05) is 7.05 Å². The van der Waals surface area contributed by atoms with Crippen molar-refractivity contribution in [3.8, 4) is 5.75 Å². The number of likely N-dealkylation sites (N-methyl/N-ethyl adjacent to an activating group) is 1. The van der Waals surface area contributed by atoms with Crippen molar-refractivity contribution in [3.63, 3.8) is 0 Å². The van der Waals surface area contributed by atoms with Crippen LogP contribution in [0.25, 0.3) is 0 Å². The maximum Gasteiger partial charge on any atom is 0.269 e. The molecule has 2 aromatic rings. The molecule has 1 atom stereocenters. The molecule has 0 bridgehead atoms. The number of ether oxygens (including phenoxy) is 1. The molecule has 136 valence electrons. The van der Waals surface area contributed by atoms with Crippen LogP contribution >= 0.6 is 0 Å². The zero-order valence-corrected chi connectivity index (χ0v) is 15.3. The van der Waals surface area contributed by atoms with Crippen molar-refractivity contribution in [2.75, 3.05) is 18.5 Å². The Morgan fingerprint density at radius 1 is 1.15 bits per heavy atom. The smallest absolute Gasteiger partial charge is 0.269 e. The normalized spacial score (nSPS) is 19.0. The fourth-order valence-electron chi connectivity index (χ4n) is 3.49. The SMILES string of the molecule is CN1C(=O)C(CNS(=O)(=O)c2ccc3c(c2)CCC3)Oc2ccccc21. The van der Waals surface area contributed by atoms with Crippen molar-refractivity contribution < 1.29 is 17.9 Å². The Hall–Kier alpha value is -2.38. The molecule has 0 fully saturated rings. The number of carbonyl (C=O) groups is 1. The number of benzene rings is 2. The van der Waals surface area contributed by atoms with E-state index in [4.69, 9.17) is 4.74 Å². The molecule has 1 unspecified atom stereocenters. The van der Waals surface area contributed by atoms with E-state index in [2.05, 4.69) is 4.72 Å². The number of amides is 1. The lowest BCUT2D eigenvalue weighted by molar-refractivity contribution is -0.125. The summed E-state index contributed by atoms with van der Waals surface area (Å²) in [5.74, 6) is 0.289. The summed E-state index contributed by atoms with van der Waals surface area (Å²) in [6.07, 6.45) is 2.07. The molecule has 6 nitrogen and oxygen atoms in total. The first-order valence-electron chi connectivity index (χ1n) is 8.60. The largest absolute Gasteiger partial charge is 0.477 e. The van der Waals surface area contributed by atoms with E-state index in [0.717, 1.165) is 24.8 Å². The van der Waals surface area contributed by atoms with Crippen LogP contribution in [0.4, 0.5) is 5.69 Å². The van der Waals surface area contributed by atoms with E-state index in [-0.39, 0.29) is 17.3 Å². The molecule has 0 radical (unpaired) electrons. The Morgan fingerprint density at radius 3 is 2.77 bits per heavy atom. The molecule has 7 heteroatoms. The van der Waals surface area contributed by atoms with Crippen molar-refractivity contribution in [2.24, 2.45) is 0 Å². The number of anilines is 1. The Labute approximate surface area is 152 Å². The summed E-state index contributed by atoms with van der Waals surface area (Å²) >= 11 is 0. The second-order valence-electron chi connectivity index (χ2n) is 6.61. The zero-order chi connectivity index (χ0) is 18.3. The minimum atomic E-state index is -3.70. The maximum atomic E-state index is 12.6. The highest BCUT2D eigenvalue weighted by molar-refractivity contribution is 7.89. The first-order chi connectivity index (χ1) is 12.5. The van der Waals surface area contributed by atoms with Gasteiger partial charge < -0.3 is 9.64 Å². The molecular weight excluding hydrogens is 352 g/mol. The summed E-state index contributed by atoms with van der Waals surface area (Å²) in [6.45, 7) is -0.114. The number of nitrogens with one attached hydrogen (secondary N) is 1. The van der Waals surface area contributed by atoms with Crippen LogP contribution in [-0.4, -0.2) is 34.0 Å². The topological polar surface area (TPSA) is 75.7 Å². The van der Waals surface area contributed by atoms with Gasteiger partial charge in [0.25, 0.3) is 5.91 Å². The molecule has 1 amide bonds. The predicted molar refractivity (Wildman–Crippen MR) is 97.9 cm³/mol. The molecule has 1 N–H and O–H groups in total. The lowest BCUT2D eigenvalue weighted by Gasteiger charge is -2.31. The van der Waals surface area contributed by atoms with Gasteiger partial charge in [0.2, 0.25) is 10.0 Å². The van der Waals surface area contributed by atoms with Gasteiger partial charge in [-0.05, 0) is 54.7 Å². The number of hydrogen-bond acceptors (Lipinski definition) is 4. The zero-order valence-electron chi connectivity index (χ0n) is 14.4. The number of hydrogen-bond donors (Lipinski definition) is 1. The number of para-hydroxylation sites is 2. The number of sulfonamides is 1. The highest BCUT2D eigenvalue weighted by Crippen LogP contribution is 2.32. The number of carbonyl (C=O) groups excluding carboxylic acids is 1. The van der Waals surface area contributed by atoms with Crippen LogP contribution in [0.3, 0.4) is 0 Å². The Kier molecular flexibility index (Phi) is 4.20. The number of fused-ring (bicyclic) bond motifs is 2.